The molecular formula is C46H45N5O6. The van der Waals surface area contributed by atoms with Gasteiger partial charge in [0.2, 0.25) is 17.7 Å². The van der Waals surface area contributed by atoms with Crippen LogP contribution in [-0.2, 0) is 33.9 Å². The second kappa shape index (κ2) is 13.7. The summed E-state index contributed by atoms with van der Waals surface area (Å²) in [6, 6.07) is 28.3. The molecule has 2 N–H and O–H groups in total. The number of aryl methyl sites for hydroxylation is 1. The fourth-order valence-electron chi connectivity index (χ4n) is 10.5. The maximum absolute atomic E-state index is 13.5. The molecule has 4 aromatic rings. The maximum atomic E-state index is 13.5. The lowest BCUT2D eigenvalue weighted by Gasteiger charge is -2.55. The van der Waals surface area contributed by atoms with Crippen molar-refractivity contribution in [3.63, 3.8) is 0 Å². The average Bonchev–Trinajstić information content (AvgIpc) is 3.71. The van der Waals surface area contributed by atoms with Crippen molar-refractivity contribution in [1.29, 1.82) is 0 Å². The van der Waals surface area contributed by atoms with Gasteiger partial charge in [0, 0.05) is 62.7 Å². The number of nitrogens with zero attached hydrogens (tertiary/aromatic N) is 4. The zero-order valence-corrected chi connectivity index (χ0v) is 31.8. The normalized spacial score (nSPS) is 23.9. The number of phenols is 1. The van der Waals surface area contributed by atoms with Crippen LogP contribution in [0.15, 0.2) is 84.9 Å². The molecule has 290 valence electrons. The Labute approximate surface area is 331 Å². The van der Waals surface area contributed by atoms with E-state index in [0.717, 1.165) is 67.9 Å². The molecule has 1 spiro atoms. The summed E-state index contributed by atoms with van der Waals surface area (Å²) in [5.41, 5.74) is 8.99. The first-order valence-electron chi connectivity index (χ1n) is 20.2. The molecule has 11 heteroatoms. The minimum atomic E-state index is -0.991. The molecule has 3 saturated heterocycles. The molecule has 0 saturated carbocycles. The van der Waals surface area contributed by atoms with Crippen molar-refractivity contribution in [1.82, 2.24) is 20.0 Å². The standard InChI is InChI=1S/C46H45N5O6/c52-34-11-13-36-30(20-34)8-12-35(28-4-2-1-3-5-28)42(36)29-6-9-33(10-7-29)50-26-46(27-50)16-18-49(19-17-46)41(54)25-48-23-31-21-37-38(22-32(31)24-48)45(57)51(44(37)56)39-14-15-40(53)47-43(39)55/h1-7,9-11,13,20-22,35,39,42,52H,8,12,14-19,23-27H2,(H,47,53,55)/t35-,39-,42+/m1/s1. The third kappa shape index (κ3) is 6.19. The number of carbonyl (C=O) groups excluding carboxylic acids is 5. The van der Waals surface area contributed by atoms with Gasteiger partial charge in [-0.1, -0.05) is 48.5 Å². The largest absolute Gasteiger partial charge is 0.508 e. The summed E-state index contributed by atoms with van der Waals surface area (Å²) < 4.78 is 0. The van der Waals surface area contributed by atoms with Crippen LogP contribution in [0.4, 0.5) is 5.69 Å². The molecule has 3 atom stereocenters. The molecule has 1 aliphatic carbocycles. The van der Waals surface area contributed by atoms with Gasteiger partial charge in [-0.15, -0.1) is 0 Å². The topological polar surface area (TPSA) is 131 Å². The first kappa shape index (κ1) is 35.6. The third-order valence-corrected chi connectivity index (χ3v) is 13.6. The fraction of sp³-hybridized carbons (Fsp3) is 0.370. The first-order valence-corrected chi connectivity index (χ1v) is 20.2. The molecular weight excluding hydrogens is 719 g/mol. The number of imide groups is 2. The van der Waals surface area contributed by atoms with Crippen LogP contribution in [0.2, 0.25) is 0 Å². The molecule has 6 aliphatic rings. The Morgan fingerprint density at radius 1 is 0.754 bits per heavy atom. The minimum Gasteiger partial charge on any atom is -0.508 e. The number of anilines is 1. The zero-order chi connectivity index (χ0) is 39.0. The Morgan fingerprint density at radius 2 is 1.44 bits per heavy atom. The molecule has 57 heavy (non-hydrogen) atoms. The molecule has 0 bridgehead atoms. The van der Waals surface area contributed by atoms with E-state index in [9.17, 15) is 29.1 Å². The van der Waals surface area contributed by atoms with E-state index in [4.69, 9.17) is 0 Å². The van der Waals surface area contributed by atoms with Gasteiger partial charge in [0.1, 0.15) is 11.8 Å². The van der Waals surface area contributed by atoms with Crippen LogP contribution >= 0.6 is 0 Å². The third-order valence-electron chi connectivity index (χ3n) is 13.6. The summed E-state index contributed by atoms with van der Waals surface area (Å²) in [5, 5.41) is 12.5. The van der Waals surface area contributed by atoms with E-state index in [0.29, 0.717) is 24.8 Å². The minimum absolute atomic E-state index is 0.0794. The van der Waals surface area contributed by atoms with E-state index in [-0.39, 0.29) is 47.8 Å². The van der Waals surface area contributed by atoms with Gasteiger partial charge in [-0.05, 0) is 108 Å². The predicted octanol–water partition coefficient (Wildman–Crippen LogP) is 5.10. The fourth-order valence-corrected chi connectivity index (χ4v) is 10.5. The number of benzene rings is 4. The molecule has 5 amide bonds. The van der Waals surface area contributed by atoms with Gasteiger partial charge in [-0.2, -0.15) is 0 Å². The monoisotopic (exact) mass is 763 g/mol. The number of nitrogens with one attached hydrogen (secondary N) is 1. The van der Waals surface area contributed by atoms with Crippen LogP contribution in [0.25, 0.3) is 0 Å². The Kier molecular flexibility index (Phi) is 8.55. The van der Waals surface area contributed by atoms with E-state index in [1.54, 1.807) is 12.1 Å². The lowest BCUT2D eigenvalue weighted by molar-refractivity contribution is -0.137. The molecule has 3 fully saturated rings. The number of fused-ring (bicyclic) bond motifs is 3. The zero-order valence-electron chi connectivity index (χ0n) is 31.8. The molecule has 0 unspecified atom stereocenters. The highest BCUT2D eigenvalue weighted by atomic mass is 16.3. The molecule has 4 aromatic carbocycles. The number of hydrogen-bond donors (Lipinski definition) is 2. The molecule has 5 heterocycles. The van der Waals surface area contributed by atoms with Crippen LogP contribution in [0, 0.1) is 5.41 Å². The summed E-state index contributed by atoms with van der Waals surface area (Å²) in [4.78, 5) is 71.7. The Morgan fingerprint density at radius 3 is 2.11 bits per heavy atom. The van der Waals surface area contributed by atoms with E-state index >= 15 is 0 Å². The predicted molar refractivity (Wildman–Crippen MR) is 212 cm³/mol. The van der Waals surface area contributed by atoms with Crippen LogP contribution in [0.1, 0.15) is 98.0 Å². The second-order valence-electron chi connectivity index (χ2n) is 17.0. The molecule has 5 aliphatic heterocycles. The smallest absolute Gasteiger partial charge is 0.262 e. The van der Waals surface area contributed by atoms with E-state index in [1.165, 1.54) is 27.9 Å². The number of hydrogen-bond acceptors (Lipinski definition) is 8. The van der Waals surface area contributed by atoms with Crippen molar-refractivity contribution in [2.75, 3.05) is 37.6 Å². The Bertz CT molecular complexity index is 2280. The first-order chi connectivity index (χ1) is 27.6. The lowest BCUT2D eigenvalue weighted by atomic mass is 9.69. The van der Waals surface area contributed by atoms with E-state index in [2.05, 4.69) is 75.8 Å². The van der Waals surface area contributed by atoms with Crippen LogP contribution < -0.4 is 10.2 Å². The molecule has 11 nitrogen and oxygen atoms in total. The van der Waals surface area contributed by atoms with Crippen LogP contribution in [0.3, 0.4) is 0 Å². The van der Waals surface area contributed by atoms with Crippen molar-refractivity contribution in [3.8, 4) is 5.75 Å². The average molecular weight is 764 g/mol. The summed E-state index contributed by atoms with van der Waals surface area (Å²) in [6.45, 7) is 4.71. The van der Waals surface area contributed by atoms with Crippen molar-refractivity contribution in [2.24, 2.45) is 5.41 Å². The number of amides is 5. The number of carbonyl (C=O) groups is 5. The highest BCUT2D eigenvalue weighted by Crippen LogP contribution is 2.48. The maximum Gasteiger partial charge on any atom is 0.262 e. The van der Waals surface area contributed by atoms with Crippen molar-refractivity contribution in [3.05, 3.63) is 129 Å². The van der Waals surface area contributed by atoms with Gasteiger partial charge in [0.15, 0.2) is 0 Å². The highest BCUT2D eigenvalue weighted by Gasteiger charge is 2.47. The van der Waals surface area contributed by atoms with Gasteiger partial charge >= 0.3 is 0 Å². The SMILES string of the molecule is O=C1CC[C@@H](N2C(=O)c3cc4c(cc3C2=O)CN(CC(=O)N2CCC3(CC2)CN(c2ccc([C@@H]5c6ccc(O)cc6CC[C@@H]5c5ccccc5)cc2)C3)C4)C(=O)N1. The number of piperidine rings is 2. The summed E-state index contributed by atoms with van der Waals surface area (Å²) in [5.74, 6) is -1.04. The number of likely N-dealkylation sites (tertiary alicyclic amines) is 1. The Balaban J connectivity index is 0.739. The summed E-state index contributed by atoms with van der Waals surface area (Å²) >= 11 is 0. The summed E-state index contributed by atoms with van der Waals surface area (Å²) in [7, 11) is 0. The van der Waals surface area contributed by atoms with E-state index in [1.807, 2.05) is 17.0 Å². The van der Waals surface area contributed by atoms with Gasteiger partial charge in [-0.3, -0.25) is 39.1 Å². The lowest BCUT2D eigenvalue weighted by Crippen LogP contribution is -2.61. The van der Waals surface area contributed by atoms with Gasteiger partial charge in [-0.25, -0.2) is 0 Å². The Hall–Kier alpha value is -5.81. The van der Waals surface area contributed by atoms with E-state index < -0.39 is 29.7 Å². The van der Waals surface area contributed by atoms with Gasteiger partial charge < -0.3 is 14.9 Å². The number of rotatable bonds is 6. The van der Waals surface area contributed by atoms with Crippen molar-refractivity contribution in [2.45, 2.75) is 69.5 Å². The number of aromatic hydroxyl groups is 1. The summed E-state index contributed by atoms with van der Waals surface area (Å²) in [6.07, 6.45) is 4.13. The van der Waals surface area contributed by atoms with Crippen LogP contribution in [-0.4, -0.2) is 88.1 Å². The number of phenolic OH excluding ortho intramolecular Hbond substituents is 1. The highest BCUT2D eigenvalue weighted by molar-refractivity contribution is 6.23. The molecule has 10 rings (SSSR count). The quantitative estimate of drug-likeness (QED) is 0.260. The van der Waals surface area contributed by atoms with Crippen molar-refractivity contribution >= 4 is 35.2 Å². The molecule has 0 radical (unpaired) electrons. The van der Waals surface area contributed by atoms with Crippen LogP contribution in [0.5, 0.6) is 5.75 Å². The second-order valence-corrected chi connectivity index (χ2v) is 17.0. The van der Waals surface area contributed by atoms with Gasteiger partial charge in [0.05, 0.1) is 17.7 Å². The molecule has 0 aromatic heterocycles. The van der Waals surface area contributed by atoms with Gasteiger partial charge in [0.25, 0.3) is 11.8 Å². The van der Waals surface area contributed by atoms with Crippen molar-refractivity contribution < 1.29 is 29.1 Å².